The summed E-state index contributed by atoms with van der Waals surface area (Å²) in [5, 5.41) is 2.65. The molecular weight excluding hydrogens is 216 g/mol. The highest BCUT2D eigenvalue weighted by molar-refractivity contribution is 5.86. The van der Waals surface area contributed by atoms with E-state index in [0.717, 1.165) is 5.56 Å². The van der Waals surface area contributed by atoms with Crippen molar-refractivity contribution in [2.45, 2.75) is 33.3 Å². The normalized spacial score (nSPS) is 10.5. The van der Waals surface area contributed by atoms with Crippen molar-refractivity contribution in [1.29, 1.82) is 0 Å². The summed E-state index contributed by atoms with van der Waals surface area (Å²) in [5.74, 6) is 0. The number of hydrogen-bond donors (Lipinski definition) is 1. The van der Waals surface area contributed by atoms with Gasteiger partial charge < -0.3 is 4.74 Å². The number of aryl methyl sites for hydroxylation is 1. The van der Waals surface area contributed by atoms with E-state index in [1.807, 2.05) is 27.7 Å². The molecule has 1 amide bonds. The quantitative estimate of drug-likeness (QED) is 0.746. The highest BCUT2D eigenvalue weighted by Gasteiger charge is 2.16. The molecule has 0 aliphatic heterocycles. The Balaban J connectivity index is 2.76. The molecule has 0 radical (unpaired) electrons. The topological polar surface area (TPSA) is 42.7 Å². The number of rotatable bonds is 1. The van der Waals surface area contributed by atoms with Crippen molar-refractivity contribution in [2.75, 3.05) is 5.32 Å². The lowest BCUT2D eigenvalue weighted by molar-refractivity contribution is 0.0636. The Bertz CT molecular complexity index is 467. The molecule has 0 heterocycles. The lowest BCUT2D eigenvalue weighted by Crippen LogP contribution is -2.27. The monoisotopic (exact) mass is 232 g/mol. The summed E-state index contributed by atoms with van der Waals surface area (Å²) in [6.45, 7) is 14.1. The Labute approximate surface area is 101 Å². The van der Waals surface area contributed by atoms with Crippen LogP contribution in [-0.4, -0.2) is 11.7 Å². The van der Waals surface area contributed by atoms with E-state index in [0.29, 0.717) is 11.4 Å². The molecule has 1 rings (SSSR count). The fourth-order valence-electron chi connectivity index (χ4n) is 1.27. The summed E-state index contributed by atoms with van der Waals surface area (Å²) in [4.78, 5) is 14.9. The van der Waals surface area contributed by atoms with E-state index in [1.54, 1.807) is 18.2 Å². The summed E-state index contributed by atoms with van der Waals surface area (Å²) in [6.07, 6.45) is -0.490. The number of nitrogens with zero attached hydrogens (tertiary/aromatic N) is 1. The third kappa shape index (κ3) is 4.15. The van der Waals surface area contributed by atoms with Gasteiger partial charge in [0.25, 0.3) is 0 Å². The van der Waals surface area contributed by atoms with Gasteiger partial charge in [0.05, 0.1) is 6.57 Å². The van der Waals surface area contributed by atoms with Gasteiger partial charge in [-0.1, -0.05) is 12.1 Å². The minimum absolute atomic E-state index is 0.490. The van der Waals surface area contributed by atoms with E-state index in [-0.39, 0.29) is 0 Å². The number of amides is 1. The lowest BCUT2D eigenvalue weighted by atomic mass is 10.2. The summed E-state index contributed by atoms with van der Waals surface area (Å²) in [6, 6.07) is 5.08. The third-order valence-corrected chi connectivity index (χ3v) is 1.97. The zero-order chi connectivity index (χ0) is 13.1. The molecule has 0 unspecified atom stereocenters. The molecule has 17 heavy (non-hydrogen) atoms. The minimum atomic E-state index is -0.519. The van der Waals surface area contributed by atoms with Crippen molar-refractivity contribution in [1.82, 2.24) is 0 Å². The summed E-state index contributed by atoms with van der Waals surface area (Å²) >= 11 is 0. The van der Waals surface area contributed by atoms with E-state index >= 15 is 0 Å². The minimum Gasteiger partial charge on any atom is -0.444 e. The number of ether oxygens (including phenoxy) is 1. The molecule has 1 N–H and O–H groups in total. The fraction of sp³-hybridized carbons (Fsp3) is 0.385. The predicted molar refractivity (Wildman–Crippen MR) is 67.3 cm³/mol. The fourth-order valence-corrected chi connectivity index (χ4v) is 1.27. The molecule has 0 spiro atoms. The summed E-state index contributed by atoms with van der Waals surface area (Å²) in [7, 11) is 0. The van der Waals surface area contributed by atoms with Crippen molar-refractivity contribution >= 4 is 17.5 Å². The van der Waals surface area contributed by atoms with Gasteiger partial charge in [0, 0.05) is 5.69 Å². The number of nitrogens with one attached hydrogen (secondary N) is 1. The van der Waals surface area contributed by atoms with Crippen LogP contribution in [0.2, 0.25) is 0 Å². The van der Waals surface area contributed by atoms with Crippen molar-refractivity contribution < 1.29 is 9.53 Å². The number of carbonyl (C=O) groups excluding carboxylic acids is 1. The van der Waals surface area contributed by atoms with Crippen molar-refractivity contribution in [3.05, 3.63) is 35.2 Å². The highest BCUT2D eigenvalue weighted by Crippen LogP contribution is 2.22. The van der Waals surface area contributed by atoms with E-state index in [4.69, 9.17) is 11.3 Å². The maximum absolute atomic E-state index is 11.5. The Morgan fingerprint density at radius 2 is 2.06 bits per heavy atom. The van der Waals surface area contributed by atoms with E-state index in [1.165, 1.54) is 0 Å². The zero-order valence-corrected chi connectivity index (χ0v) is 10.5. The molecule has 0 bridgehead atoms. The molecule has 1 aromatic rings. The van der Waals surface area contributed by atoms with Crippen LogP contribution in [-0.2, 0) is 4.74 Å². The molecular formula is C13H16N2O2. The third-order valence-electron chi connectivity index (χ3n) is 1.97. The van der Waals surface area contributed by atoms with Gasteiger partial charge in [-0.05, 0) is 39.3 Å². The van der Waals surface area contributed by atoms with E-state index < -0.39 is 11.7 Å². The molecule has 4 nitrogen and oxygen atoms in total. The molecule has 0 saturated heterocycles. The van der Waals surface area contributed by atoms with Crippen LogP contribution in [0.3, 0.4) is 0 Å². The highest BCUT2D eigenvalue weighted by atomic mass is 16.6. The van der Waals surface area contributed by atoms with Crippen LogP contribution < -0.4 is 5.32 Å². The molecule has 0 aromatic heterocycles. The first-order valence-electron chi connectivity index (χ1n) is 5.30. The average Bonchev–Trinajstić information content (AvgIpc) is 2.18. The van der Waals surface area contributed by atoms with Crippen LogP contribution >= 0.6 is 0 Å². The second-order valence-electron chi connectivity index (χ2n) is 4.74. The molecule has 4 heteroatoms. The van der Waals surface area contributed by atoms with Gasteiger partial charge in [-0.3, -0.25) is 5.32 Å². The standard InChI is InChI=1S/C13H16N2O2/c1-9-8-10(14-5)6-7-11(9)15-12(16)17-13(2,3)4/h6-8H,1-4H3,(H,15,16). The molecule has 0 saturated carbocycles. The number of hydrogen-bond acceptors (Lipinski definition) is 2. The van der Waals surface area contributed by atoms with Crippen molar-refractivity contribution in [3.63, 3.8) is 0 Å². The van der Waals surface area contributed by atoms with E-state index in [9.17, 15) is 4.79 Å². The van der Waals surface area contributed by atoms with Crippen molar-refractivity contribution in [3.8, 4) is 0 Å². The van der Waals surface area contributed by atoms with Gasteiger partial charge in [-0.25, -0.2) is 9.64 Å². The maximum Gasteiger partial charge on any atom is 0.412 e. The van der Waals surface area contributed by atoms with Crippen LogP contribution in [0.15, 0.2) is 18.2 Å². The molecule has 90 valence electrons. The van der Waals surface area contributed by atoms with Gasteiger partial charge in [-0.15, -0.1) is 0 Å². The smallest absolute Gasteiger partial charge is 0.412 e. The SMILES string of the molecule is [C-]#[N+]c1ccc(NC(=O)OC(C)(C)C)c(C)c1. The zero-order valence-electron chi connectivity index (χ0n) is 10.5. The summed E-state index contributed by atoms with van der Waals surface area (Å²) in [5.41, 5.74) is 1.53. The van der Waals surface area contributed by atoms with E-state index in [2.05, 4.69) is 10.2 Å². The van der Waals surface area contributed by atoms with Gasteiger partial charge in [0.1, 0.15) is 5.60 Å². The molecule has 0 aliphatic rings. The van der Waals surface area contributed by atoms with Crippen LogP contribution in [0.25, 0.3) is 4.85 Å². The number of carbonyl (C=O) groups is 1. The molecule has 0 atom stereocenters. The van der Waals surface area contributed by atoms with Gasteiger partial charge in [-0.2, -0.15) is 0 Å². The van der Waals surface area contributed by atoms with Gasteiger partial charge in [0.15, 0.2) is 5.69 Å². The maximum atomic E-state index is 11.5. The van der Waals surface area contributed by atoms with Crippen LogP contribution in [0.5, 0.6) is 0 Å². The second-order valence-corrected chi connectivity index (χ2v) is 4.74. The van der Waals surface area contributed by atoms with Crippen LogP contribution in [0.4, 0.5) is 16.2 Å². The van der Waals surface area contributed by atoms with Crippen LogP contribution in [0, 0.1) is 13.5 Å². The van der Waals surface area contributed by atoms with Gasteiger partial charge >= 0.3 is 6.09 Å². The first kappa shape index (κ1) is 13.0. The molecule has 0 aliphatic carbocycles. The Morgan fingerprint density at radius 3 is 2.53 bits per heavy atom. The predicted octanol–water partition coefficient (Wildman–Crippen LogP) is 3.89. The summed E-state index contributed by atoms with van der Waals surface area (Å²) < 4.78 is 5.14. The first-order valence-corrected chi connectivity index (χ1v) is 5.30. The van der Waals surface area contributed by atoms with Crippen molar-refractivity contribution in [2.24, 2.45) is 0 Å². The molecule has 0 fully saturated rings. The Kier molecular flexibility index (Phi) is 3.74. The van der Waals surface area contributed by atoms with Gasteiger partial charge in [0.2, 0.25) is 0 Å². The Morgan fingerprint density at radius 1 is 1.41 bits per heavy atom. The first-order chi connectivity index (χ1) is 7.81. The largest absolute Gasteiger partial charge is 0.444 e. The lowest BCUT2D eigenvalue weighted by Gasteiger charge is -2.20. The average molecular weight is 232 g/mol. The van der Waals surface area contributed by atoms with Crippen LogP contribution in [0.1, 0.15) is 26.3 Å². The molecule has 1 aromatic carbocycles. The Hall–Kier alpha value is -2.02. The number of benzene rings is 1. The second kappa shape index (κ2) is 4.88. The number of anilines is 1.